The molecule has 4 rings (SSSR count). The van der Waals surface area contributed by atoms with Crippen molar-refractivity contribution in [2.45, 2.75) is 27.2 Å². The fourth-order valence-electron chi connectivity index (χ4n) is 2.24. The monoisotopic (exact) mass is 406 g/mol. The largest absolute Gasteiger partial charge is 4.00 e. The number of hydrogen-bond donors (Lipinski definition) is 0. The van der Waals surface area contributed by atoms with E-state index in [1.165, 1.54) is 21.5 Å². The van der Waals surface area contributed by atoms with Gasteiger partial charge >= 0.3 is 26.2 Å². The van der Waals surface area contributed by atoms with Gasteiger partial charge in [-0.05, 0) is 0 Å². The van der Waals surface area contributed by atoms with E-state index >= 15 is 0 Å². The van der Waals surface area contributed by atoms with Crippen molar-refractivity contribution in [1.82, 2.24) is 0 Å². The van der Waals surface area contributed by atoms with Crippen LogP contribution in [0.1, 0.15) is 27.2 Å². The van der Waals surface area contributed by atoms with Crippen LogP contribution in [0.25, 0.3) is 21.5 Å². The van der Waals surface area contributed by atoms with Crippen LogP contribution in [-0.4, -0.2) is 0 Å². The Morgan fingerprint density at radius 1 is 1.04 bits per heavy atom. The molecule has 3 aromatic carbocycles. The zero-order chi connectivity index (χ0) is 15.6. The van der Waals surface area contributed by atoms with Gasteiger partial charge in [-0.1, -0.05) is 57.2 Å². The van der Waals surface area contributed by atoms with Crippen LogP contribution >= 0.6 is 0 Å². The van der Waals surface area contributed by atoms with Crippen molar-refractivity contribution >= 4 is 21.5 Å². The third-order valence-electron chi connectivity index (χ3n) is 3.34. The van der Waals surface area contributed by atoms with Crippen molar-refractivity contribution < 1.29 is 26.2 Å². The molecule has 0 heterocycles. The third kappa shape index (κ3) is 7.89. The number of rotatable bonds is 1. The van der Waals surface area contributed by atoms with E-state index in [1.54, 1.807) is 6.08 Å². The maximum absolute atomic E-state index is 4.90. The van der Waals surface area contributed by atoms with Crippen molar-refractivity contribution in [1.29, 1.82) is 0 Å². The fourth-order valence-corrected chi connectivity index (χ4v) is 2.24. The molecule has 0 unspecified atom stereocenters. The number of allylic oxidation sites excluding steroid dienone is 5. The predicted molar refractivity (Wildman–Crippen MR) is 111 cm³/mol. The summed E-state index contributed by atoms with van der Waals surface area (Å²) in [4.78, 5) is 0. The molecule has 0 radical (unpaired) electrons. The van der Waals surface area contributed by atoms with Gasteiger partial charge in [0.05, 0.1) is 0 Å². The molecule has 0 aromatic heterocycles. The Labute approximate surface area is 173 Å². The Morgan fingerprint density at radius 3 is 1.84 bits per heavy atom. The topological polar surface area (TPSA) is 0 Å². The number of fused-ring (bicyclic) bond motifs is 3. The van der Waals surface area contributed by atoms with Gasteiger partial charge in [-0.15, -0.1) is 46.2 Å². The van der Waals surface area contributed by atoms with E-state index in [0.717, 1.165) is 12.8 Å². The molecular formula is C24H28Zr. The van der Waals surface area contributed by atoms with Crippen LogP contribution in [0.3, 0.4) is 0 Å². The van der Waals surface area contributed by atoms with E-state index in [4.69, 9.17) is 6.58 Å². The summed E-state index contributed by atoms with van der Waals surface area (Å²) < 4.78 is 0. The zero-order valence-electron chi connectivity index (χ0n) is 14.5. The van der Waals surface area contributed by atoms with Gasteiger partial charge in [-0.3, -0.25) is 12.2 Å². The average Bonchev–Trinajstić information content (AvgIpc) is 3.26. The van der Waals surface area contributed by atoms with E-state index in [0.29, 0.717) is 0 Å². The van der Waals surface area contributed by atoms with Crippen LogP contribution in [0, 0.1) is 20.1 Å². The first-order valence-electron chi connectivity index (χ1n) is 7.65. The van der Waals surface area contributed by atoms with Crippen molar-refractivity contribution in [2.24, 2.45) is 0 Å². The molecule has 0 nitrogen and oxygen atoms in total. The molecule has 0 saturated heterocycles. The van der Waals surface area contributed by atoms with Gasteiger partial charge < -0.3 is 14.0 Å². The van der Waals surface area contributed by atoms with E-state index in [-0.39, 0.29) is 41.1 Å². The molecule has 0 aliphatic heterocycles. The molecule has 0 N–H and O–H groups in total. The summed E-state index contributed by atoms with van der Waals surface area (Å²) >= 11 is 0. The Balaban J connectivity index is 0. The quantitative estimate of drug-likeness (QED) is 0.367. The third-order valence-corrected chi connectivity index (χ3v) is 3.34. The molecule has 1 heteroatoms. The second-order valence-electron chi connectivity index (χ2n) is 4.97. The first kappa shape index (κ1) is 25.7. The van der Waals surface area contributed by atoms with E-state index in [1.807, 2.05) is 19.1 Å². The minimum Gasteiger partial charge on any atom is -0.518 e. The molecule has 0 saturated carbocycles. The van der Waals surface area contributed by atoms with Gasteiger partial charge in [0.15, 0.2) is 0 Å². The van der Waals surface area contributed by atoms with Crippen molar-refractivity contribution in [3.05, 3.63) is 99.0 Å². The molecule has 3 aromatic rings. The molecule has 1 aliphatic carbocycles. The summed E-state index contributed by atoms with van der Waals surface area (Å²) in [5.74, 6) is 0. The summed E-state index contributed by atoms with van der Waals surface area (Å²) in [5.41, 5.74) is 0. The van der Waals surface area contributed by atoms with Crippen molar-refractivity contribution in [3.8, 4) is 0 Å². The molecule has 1 aliphatic rings. The van der Waals surface area contributed by atoms with Gasteiger partial charge in [0.1, 0.15) is 0 Å². The van der Waals surface area contributed by atoms with E-state index < -0.39 is 0 Å². The minimum atomic E-state index is 0. The standard InChI is InChI=1S/C13H9.C5H5.C4H7.CH4.CH3.Zr/c1-3-7-12-10(5-1)9-11-6-2-4-8-13(11)12;1-2-4-5-3-1;1-3-4-2;;;/h1-9H;1-3H,4H2;1,3H,4H2,2H3;1H4;1H3;/q3*-1;;-1;+4. The van der Waals surface area contributed by atoms with Gasteiger partial charge in [-0.25, -0.2) is 12.2 Å². The summed E-state index contributed by atoms with van der Waals surface area (Å²) in [7, 11) is 0. The average molecular weight is 408 g/mol. The SMILES string of the molecule is C.[C-]1=CC=CC1.[CH-]=CCC.[CH3-].[Zr+4].c1ccc2c(c1)[cH-]c1ccccc12. The zero-order valence-corrected chi connectivity index (χ0v) is 17.0. The Kier molecular flexibility index (Phi) is 15.1. The van der Waals surface area contributed by atoms with Crippen LogP contribution in [0.4, 0.5) is 0 Å². The normalized spacial score (nSPS) is 10.3. The van der Waals surface area contributed by atoms with Crippen LogP contribution < -0.4 is 0 Å². The predicted octanol–water partition coefficient (Wildman–Crippen LogP) is 7.49. The molecule has 0 spiro atoms. The molecular weight excluding hydrogens is 379 g/mol. The second-order valence-corrected chi connectivity index (χ2v) is 4.97. The van der Waals surface area contributed by atoms with Gasteiger partial charge in [0, 0.05) is 0 Å². The molecule has 25 heavy (non-hydrogen) atoms. The van der Waals surface area contributed by atoms with Crippen LogP contribution in [-0.2, 0) is 26.2 Å². The van der Waals surface area contributed by atoms with Gasteiger partial charge in [0.25, 0.3) is 0 Å². The van der Waals surface area contributed by atoms with Crippen molar-refractivity contribution in [2.75, 3.05) is 0 Å². The number of benzene rings is 2. The van der Waals surface area contributed by atoms with Crippen LogP contribution in [0.5, 0.6) is 0 Å². The Hall–Kier alpha value is -1.59. The summed E-state index contributed by atoms with van der Waals surface area (Å²) in [6.45, 7) is 6.90. The van der Waals surface area contributed by atoms with Gasteiger partial charge in [-0.2, -0.15) is 6.08 Å². The first-order valence-corrected chi connectivity index (χ1v) is 7.65. The first-order chi connectivity index (χ1) is 10.9. The smallest absolute Gasteiger partial charge is 0.518 e. The van der Waals surface area contributed by atoms with Crippen LogP contribution in [0.15, 0.2) is 78.9 Å². The molecule has 0 amide bonds. The summed E-state index contributed by atoms with van der Waals surface area (Å²) in [5, 5.41) is 5.39. The molecule has 0 bridgehead atoms. The maximum atomic E-state index is 4.90. The Morgan fingerprint density at radius 2 is 1.52 bits per heavy atom. The second kappa shape index (κ2) is 14.7. The number of hydrogen-bond acceptors (Lipinski definition) is 0. The maximum Gasteiger partial charge on any atom is 4.00 e. The van der Waals surface area contributed by atoms with Gasteiger partial charge in [0.2, 0.25) is 0 Å². The molecule has 0 fully saturated rings. The fraction of sp³-hybridized carbons (Fsp3) is 0.167. The Bertz CT molecular complexity index is 715. The summed E-state index contributed by atoms with van der Waals surface area (Å²) in [6, 6.07) is 19.3. The van der Waals surface area contributed by atoms with Crippen molar-refractivity contribution in [3.63, 3.8) is 0 Å². The van der Waals surface area contributed by atoms with E-state index in [2.05, 4.69) is 66.7 Å². The minimum absolute atomic E-state index is 0. The molecule has 0 atom stereocenters. The summed E-state index contributed by atoms with van der Waals surface area (Å²) in [6.07, 6.45) is 12.6. The van der Waals surface area contributed by atoms with E-state index in [9.17, 15) is 0 Å². The molecule has 128 valence electrons. The van der Waals surface area contributed by atoms with Crippen LogP contribution in [0.2, 0.25) is 0 Å².